The lowest BCUT2D eigenvalue weighted by atomic mass is 9.86. The molecule has 2 aromatic carbocycles. The Labute approximate surface area is 212 Å². The van der Waals surface area contributed by atoms with Crippen molar-refractivity contribution in [3.8, 4) is 22.4 Å². The Kier molecular flexibility index (Phi) is 6.81. The average molecular weight is 478 g/mol. The van der Waals surface area contributed by atoms with Gasteiger partial charge >= 0.3 is 0 Å². The summed E-state index contributed by atoms with van der Waals surface area (Å²) in [5.41, 5.74) is 6.56. The quantitative estimate of drug-likeness (QED) is 0.378. The molecule has 3 aromatic rings. The smallest absolute Gasteiger partial charge is 0.234 e. The van der Waals surface area contributed by atoms with Crippen LogP contribution in [0.25, 0.3) is 22.4 Å². The molecule has 0 fully saturated rings. The van der Waals surface area contributed by atoms with E-state index >= 15 is 0 Å². The van der Waals surface area contributed by atoms with Gasteiger partial charge in [0.2, 0.25) is 5.90 Å². The van der Waals surface area contributed by atoms with Crippen LogP contribution in [-0.4, -0.2) is 22.7 Å². The number of benzene rings is 2. The Bertz CT molecular complexity index is 1340. The Morgan fingerprint density at radius 1 is 0.944 bits per heavy atom. The summed E-state index contributed by atoms with van der Waals surface area (Å²) in [4.78, 5) is 4.66. The second-order valence-electron chi connectivity index (χ2n) is 10.1. The van der Waals surface area contributed by atoms with E-state index in [0.717, 1.165) is 41.0 Å². The Morgan fingerprint density at radius 2 is 1.75 bits per heavy atom. The van der Waals surface area contributed by atoms with E-state index in [2.05, 4.69) is 78.5 Å². The molecular weight excluding hydrogens is 446 g/mol. The minimum Gasteiger partial charge on any atom is -0.488 e. The molecule has 0 spiro atoms. The van der Waals surface area contributed by atoms with Crippen molar-refractivity contribution in [2.75, 3.05) is 6.61 Å². The lowest BCUT2D eigenvalue weighted by Gasteiger charge is -2.20. The Morgan fingerprint density at radius 3 is 2.47 bits per heavy atom. The summed E-state index contributed by atoms with van der Waals surface area (Å²) in [6.07, 6.45) is 10.9. The zero-order valence-corrected chi connectivity index (χ0v) is 21.1. The third-order valence-corrected chi connectivity index (χ3v) is 6.30. The highest BCUT2D eigenvalue weighted by atomic mass is 16.6. The van der Waals surface area contributed by atoms with Gasteiger partial charge in [0.05, 0.1) is 0 Å². The van der Waals surface area contributed by atoms with Crippen LogP contribution in [0, 0.1) is 0 Å². The van der Waals surface area contributed by atoms with Crippen LogP contribution >= 0.6 is 0 Å². The third kappa shape index (κ3) is 5.62. The molecule has 0 saturated heterocycles. The average Bonchev–Trinajstić information content (AvgIpc) is 2.90. The van der Waals surface area contributed by atoms with Crippen LogP contribution in [0.2, 0.25) is 0 Å². The van der Waals surface area contributed by atoms with E-state index in [1.165, 1.54) is 11.1 Å². The fourth-order valence-corrected chi connectivity index (χ4v) is 4.31. The van der Waals surface area contributed by atoms with Crippen LogP contribution in [0.3, 0.4) is 0 Å². The molecule has 2 aliphatic rings. The zero-order valence-electron chi connectivity index (χ0n) is 21.1. The monoisotopic (exact) mass is 477 g/mol. The van der Waals surface area contributed by atoms with Crippen LogP contribution in [0.4, 0.5) is 5.82 Å². The lowest BCUT2D eigenvalue weighted by molar-refractivity contribution is 0.211. The summed E-state index contributed by atoms with van der Waals surface area (Å²) in [7, 11) is 0. The molecular formula is C31H31N3O2. The van der Waals surface area contributed by atoms with Crippen molar-refractivity contribution >= 4 is 11.7 Å². The zero-order chi connectivity index (χ0) is 25.0. The number of nitrogens with zero attached hydrogens (tertiary/aromatic N) is 3. The number of hydrogen-bond donors (Lipinski definition) is 0. The number of aliphatic imine (C=N–C) groups is 1. The molecule has 1 aliphatic carbocycles. The van der Waals surface area contributed by atoms with Crippen LogP contribution in [0.15, 0.2) is 101 Å². The van der Waals surface area contributed by atoms with Gasteiger partial charge in [0, 0.05) is 17.5 Å². The summed E-state index contributed by atoms with van der Waals surface area (Å²) >= 11 is 0. The van der Waals surface area contributed by atoms with Crippen LogP contribution in [-0.2, 0) is 14.9 Å². The van der Waals surface area contributed by atoms with E-state index in [1.54, 1.807) is 6.26 Å². The number of aromatic nitrogens is 2. The fourth-order valence-electron chi connectivity index (χ4n) is 4.31. The highest BCUT2D eigenvalue weighted by molar-refractivity contribution is 5.84. The predicted molar refractivity (Wildman–Crippen MR) is 145 cm³/mol. The topological polar surface area (TPSA) is 56.6 Å². The number of ether oxygens (including phenoxy) is 2. The maximum atomic E-state index is 6.06. The predicted octanol–water partition coefficient (Wildman–Crippen LogP) is 7.69. The highest BCUT2D eigenvalue weighted by Crippen LogP contribution is 2.34. The molecule has 0 radical (unpaired) electrons. The summed E-state index contributed by atoms with van der Waals surface area (Å²) < 4.78 is 11.7. The molecule has 5 heteroatoms. The summed E-state index contributed by atoms with van der Waals surface area (Å²) in [6, 6.07) is 20.8. The van der Waals surface area contributed by atoms with E-state index in [4.69, 9.17) is 9.47 Å². The van der Waals surface area contributed by atoms with Crippen molar-refractivity contribution in [2.45, 2.75) is 45.4 Å². The number of hydrogen-bond acceptors (Lipinski definition) is 5. The molecule has 2 heterocycles. The van der Waals surface area contributed by atoms with E-state index in [0.29, 0.717) is 18.1 Å². The molecule has 0 bridgehead atoms. The van der Waals surface area contributed by atoms with Gasteiger partial charge in [-0.15, -0.1) is 10.2 Å². The minimum atomic E-state index is 0.0852. The first kappa shape index (κ1) is 23.7. The maximum absolute atomic E-state index is 6.06. The molecule has 36 heavy (non-hydrogen) atoms. The van der Waals surface area contributed by atoms with Crippen molar-refractivity contribution in [3.05, 3.63) is 102 Å². The normalized spacial score (nSPS) is 16.7. The van der Waals surface area contributed by atoms with Crippen molar-refractivity contribution in [1.82, 2.24) is 10.2 Å². The van der Waals surface area contributed by atoms with Gasteiger partial charge in [-0.2, -0.15) is 4.99 Å². The van der Waals surface area contributed by atoms with Gasteiger partial charge in [-0.25, -0.2) is 0 Å². The highest BCUT2D eigenvalue weighted by Gasteiger charge is 2.18. The maximum Gasteiger partial charge on any atom is 0.234 e. The van der Waals surface area contributed by atoms with Crippen molar-refractivity contribution < 1.29 is 9.47 Å². The van der Waals surface area contributed by atoms with Crippen LogP contribution < -0.4 is 0 Å². The van der Waals surface area contributed by atoms with Gasteiger partial charge in [-0.1, -0.05) is 99.2 Å². The van der Waals surface area contributed by atoms with Crippen molar-refractivity contribution in [2.24, 2.45) is 4.99 Å². The molecule has 0 atom stereocenters. The first-order chi connectivity index (χ1) is 17.5. The molecule has 182 valence electrons. The van der Waals surface area contributed by atoms with Gasteiger partial charge in [0.1, 0.15) is 17.7 Å². The summed E-state index contributed by atoms with van der Waals surface area (Å²) in [6.45, 7) is 6.92. The third-order valence-electron chi connectivity index (χ3n) is 6.30. The molecule has 1 aromatic heterocycles. The van der Waals surface area contributed by atoms with Gasteiger partial charge in [0.25, 0.3) is 0 Å². The molecule has 0 unspecified atom stereocenters. The SMILES string of the molecule is CC(C)(C)c1ccc(-c2cc(N=C3COC=C(CC4=CC=CCC4)O3)nnc2-c2ccccc2)cc1. The fraction of sp³-hybridized carbons (Fsp3) is 0.258. The van der Waals surface area contributed by atoms with Crippen molar-refractivity contribution in [1.29, 1.82) is 0 Å². The second kappa shape index (κ2) is 10.3. The van der Waals surface area contributed by atoms with Crippen LogP contribution in [0.5, 0.6) is 0 Å². The molecule has 5 nitrogen and oxygen atoms in total. The largest absolute Gasteiger partial charge is 0.488 e. The summed E-state index contributed by atoms with van der Waals surface area (Å²) in [5.74, 6) is 1.73. The first-order valence-electron chi connectivity index (χ1n) is 12.4. The van der Waals surface area contributed by atoms with E-state index in [9.17, 15) is 0 Å². The number of allylic oxidation sites excluding steroid dienone is 4. The van der Waals surface area contributed by atoms with Gasteiger partial charge in [0.15, 0.2) is 12.4 Å². The van der Waals surface area contributed by atoms with E-state index in [-0.39, 0.29) is 12.0 Å². The Balaban J connectivity index is 1.46. The van der Waals surface area contributed by atoms with Crippen molar-refractivity contribution in [3.63, 3.8) is 0 Å². The Hall–Kier alpha value is -3.99. The van der Waals surface area contributed by atoms with Gasteiger partial charge in [-0.05, 0) is 35.4 Å². The second-order valence-corrected chi connectivity index (χ2v) is 10.1. The molecule has 0 amide bonds. The van der Waals surface area contributed by atoms with Gasteiger partial charge in [-0.3, -0.25) is 0 Å². The standard InChI is InChI=1S/C31H31N3O2/c1-31(2,3)25-16-14-23(15-17-25)27-19-28(33-34-30(27)24-12-8-5-9-13-24)32-29-21-35-20-26(36-29)18-22-10-6-4-7-11-22/h4-6,8-10,12-17,19-20H,7,11,18,21H2,1-3H3. The molecule has 0 N–H and O–H groups in total. The molecule has 1 aliphatic heterocycles. The van der Waals surface area contributed by atoms with E-state index < -0.39 is 0 Å². The minimum absolute atomic E-state index is 0.0852. The lowest BCUT2D eigenvalue weighted by Crippen LogP contribution is -2.17. The molecule has 5 rings (SSSR count). The van der Waals surface area contributed by atoms with E-state index in [1.807, 2.05) is 36.4 Å². The first-order valence-corrected chi connectivity index (χ1v) is 12.4. The molecule has 0 saturated carbocycles. The van der Waals surface area contributed by atoms with Gasteiger partial charge < -0.3 is 9.47 Å². The van der Waals surface area contributed by atoms with Crippen LogP contribution in [0.1, 0.15) is 45.6 Å². The summed E-state index contributed by atoms with van der Waals surface area (Å²) in [5, 5.41) is 9.01. The number of rotatable bonds is 5.